The molecule has 1 aliphatic rings. The molecular formula is C23H22N4O2. The monoisotopic (exact) mass is 386 g/mol. The van der Waals surface area contributed by atoms with Crippen LogP contribution in [0.25, 0.3) is 22.0 Å². The third-order valence-corrected chi connectivity index (χ3v) is 5.52. The first-order valence-electron chi connectivity index (χ1n) is 9.79. The molecule has 0 N–H and O–H groups in total. The predicted octanol–water partition coefficient (Wildman–Crippen LogP) is 4.48. The number of benzene rings is 2. The number of ether oxygens (including phenoxy) is 1. The van der Waals surface area contributed by atoms with Crippen LogP contribution >= 0.6 is 0 Å². The Bertz CT molecular complexity index is 1140. The van der Waals surface area contributed by atoms with Crippen molar-refractivity contribution in [1.82, 2.24) is 15.1 Å². The van der Waals surface area contributed by atoms with Crippen LogP contribution in [0.3, 0.4) is 0 Å². The van der Waals surface area contributed by atoms with E-state index in [9.17, 15) is 0 Å². The van der Waals surface area contributed by atoms with Crippen LogP contribution in [0.15, 0.2) is 59.4 Å². The van der Waals surface area contributed by atoms with Crippen molar-refractivity contribution in [2.75, 3.05) is 24.7 Å². The van der Waals surface area contributed by atoms with Crippen LogP contribution in [0.5, 0.6) is 0 Å². The Morgan fingerprint density at radius 1 is 1.03 bits per heavy atom. The molecule has 3 heterocycles. The Kier molecular flexibility index (Phi) is 4.48. The summed E-state index contributed by atoms with van der Waals surface area (Å²) >= 11 is 0. The zero-order valence-corrected chi connectivity index (χ0v) is 16.5. The molecule has 1 aliphatic heterocycles. The summed E-state index contributed by atoms with van der Waals surface area (Å²) in [5.41, 5.74) is 5.12. The minimum absolute atomic E-state index is 0.116. The average molecular weight is 386 g/mol. The lowest BCUT2D eigenvalue weighted by molar-refractivity contribution is 0.0939. The molecule has 1 atom stereocenters. The molecule has 4 aromatic rings. The van der Waals surface area contributed by atoms with Gasteiger partial charge in [0.2, 0.25) is 0 Å². The third kappa shape index (κ3) is 3.15. The summed E-state index contributed by atoms with van der Waals surface area (Å²) in [6.45, 7) is 6.00. The summed E-state index contributed by atoms with van der Waals surface area (Å²) in [4.78, 5) is 11.5. The lowest BCUT2D eigenvalue weighted by Crippen LogP contribution is -2.40. The van der Waals surface area contributed by atoms with E-state index >= 15 is 0 Å². The predicted molar refractivity (Wildman–Crippen MR) is 112 cm³/mol. The maximum absolute atomic E-state index is 5.81. The van der Waals surface area contributed by atoms with Gasteiger partial charge in [-0.3, -0.25) is 0 Å². The molecule has 6 heteroatoms. The highest BCUT2D eigenvalue weighted by Gasteiger charge is 2.27. The number of fused-ring (bicyclic) bond motifs is 1. The first-order chi connectivity index (χ1) is 14.2. The number of aryl methyl sites for hydroxylation is 2. The average Bonchev–Trinajstić information content (AvgIpc) is 3.11. The highest BCUT2D eigenvalue weighted by molar-refractivity contribution is 5.93. The van der Waals surface area contributed by atoms with Gasteiger partial charge in [-0.1, -0.05) is 41.6 Å². The number of morpholine rings is 1. The van der Waals surface area contributed by atoms with Crippen molar-refractivity contribution in [3.05, 3.63) is 71.9 Å². The van der Waals surface area contributed by atoms with Gasteiger partial charge in [0.1, 0.15) is 17.9 Å². The molecule has 1 fully saturated rings. The molecule has 0 aliphatic carbocycles. The Morgan fingerprint density at radius 3 is 2.69 bits per heavy atom. The van der Waals surface area contributed by atoms with E-state index in [0.717, 1.165) is 45.8 Å². The van der Waals surface area contributed by atoms with E-state index in [0.29, 0.717) is 13.2 Å². The Labute approximate surface area is 169 Å². The molecule has 29 heavy (non-hydrogen) atoms. The van der Waals surface area contributed by atoms with E-state index in [1.807, 2.05) is 26.0 Å². The van der Waals surface area contributed by atoms with E-state index < -0.39 is 0 Å². The number of nitrogens with zero attached hydrogens (tertiary/aromatic N) is 4. The molecule has 1 saturated heterocycles. The normalized spacial score (nSPS) is 17.0. The van der Waals surface area contributed by atoms with Crippen molar-refractivity contribution in [2.24, 2.45) is 0 Å². The van der Waals surface area contributed by atoms with Gasteiger partial charge >= 0.3 is 0 Å². The van der Waals surface area contributed by atoms with Crippen LogP contribution in [0.1, 0.15) is 23.1 Å². The number of hydrogen-bond acceptors (Lipinski definition) is 6. The summed E-state index contributed by atoms with van der Waals surface area (Å²) in [5, 5.41) is 5.12. The second kappa shape index (κ2) is 7.29. The third-order valence-electron chi connectivity index (χ3n) is 5.52. The summed E-state index contributed by atoms with van der Waals surface area (Å²) in [6, 6.07) is 16.8. The zero-order valence-electron chi connectivity index (χ0n) is 16.5. The molecule has 0 bridgehead atoms. The summed E-state index contributed by atoms with van der Waals surface area (Å²) < 4.78 is 11.2. The first-order valence-corrected chi connectivity index (χ1v) is 9.79. The minimum Gasteiger partial charge on any atom is -0.377 e. The van der Waals surface area contributed by atoms with Gasteiger partial charge in [0.15, 0.2) is 0 Å². The van der Waals surface area contributed by atoms with Gasteiger partial charge < -0.3 is 14.2 Å². The van der Waals surface area contributed by atoms with Crippen molar-refractivity contribution in [2.45, 2.75) is 19.9 Å². The minimum atomic E-state index is 0.116. The van der Waals surface area contributed by atoms with Gasteiger partial charge in [-0.25, -0.2) is 9.97 Å². The molecule has 0 amide bonds. The fraction of sp³-hybridized carbons (Fsp3) is 0.261. The highest BCUT2D eigenvalue weighted by atomic mass is 16.5. The summed E-state index contributed by atoms with van der Waals surface area (Å²) in [6.07, 6.45) is 1.64. The summed E-state index contributed by atoms with van der Waals surface area (Å²) in [7, 11) is 0. The molecule has 6 nitrogen and oxygen atoms in total. The molecule has 0 radical (unpaired) electrons. The summed E-state index contributed by atoms with van der Waals surface area (Å²) in [5.74, 6) is 1.74. The molecule has 0 spiro atoms. The molecule has 0 saturated carbocycles. The SMILES string of the molecule is Cc1noc(C)c1-c1ccc2ncnc(N3CCOC[C@@H]3c3ccccc3)c2c1. The standard InChI is InChI=1S/C23H22N4O2/c1-15-22(16(2)29-26-15)18-8-9-20-19(12-18)23(25-14-24-20)27-10-11-28-13-21(27)17-6-4-3-5-7-17/h3-9,12,14,21H,10-11,13H2,1-2H3/t21-/m1/s1. The van der Waals surface area contributed by atoms with Gasteiger partial charge in [-0.05, 0) is 37.1 Å². The van der Waals surface area contributed by atoms with Crippen molar-refractivity contribution >= 4 is 16.7 Å². The second-order valence-electron chi connectivity index (χ2n) is 7.32. The van der Waals surface area contributed by atoms with Gasteiger partial charge in [-0.2, -0.15) is 0 Å². The Morgan fingerprint density at radius 2 is 1.90 bits per heavy atom. The van der Waals surface area contributed by atoms with E-state index in [-0.39, 0.29) is 6.04 Å². The number of aromatic nitrogens is 3. The van der Waals surface area contributed by atoms with Crippen LogP contribution in [0.2, 0.25) is 0 Å². The quantitative estimate of drug-likeness (QED) is 0.517. The van der Waals surface area contributed by atoms with Gasteiger partial charge in [0.25, 0.3) is 0 Å². The number of rotatable bonds is 3. The van der Waals surface area contributed by atoms with Crippen LogP contribution in [0.4, 0.5) is 5.82 Å². The van der Waals surface area contributed by atoms with Crippen LogP contribution in [0, 0.1) is 13.8 Å². The molecule has 2 aromatic carbocycles. The molecule has 146 valence electrons. The van der Waals surface area contributed by atoms with Crippen LogP contribution in [-0.2, 0) is 4.74 Å². The van der Waals surface area contributed by atoms with Gasteiger partial charge in [0.05, 0.1) is 30.5 Å². The fourth-order valence-corrected chi connectivity index (χ4v) is 4.13. The van der Waals surface area contributed by atoms with Crippen molar-refractivity contribution in [1.29, 1.82) is 0 Å². The molecular weight excluding hydrogens is 364 g/mol. The second-order valence-corrected chi connectivity index (χ2v) is 7.32. The van der Waals surface area contributed by atoms with Crippen LogP contribution in [-0.4, -0.2) is 34.9 Å². The zero-order chi connectivity index (χ0) is 19.8. The van der Waals surface area contributed by atoms with E-state index in [1.54, 1.807) is 6.33 Å². The number of hydrogen-bond donors (Lipinski definition) is 0. The Balaban J connectivity index is 1.65. The molecule has 5 rings (SSSR count). The lowest BCUT2D eigenvalue weighted by atomic mass is 10.0. The maximum Gasteiger partial charge on any atom is 0.141 e. The smallest absolute Gasteiger partial charge is 0.141 e. The highest BCUT2D eigenvalue weighted by Crippen LogP contribution is 2.35. The fourth-order valence-electron chi connectivity index (χ4n) is 4.13. The van der Waals surface area contributed by atoms with E-state index in [2.05, 4.69) is 51.4 Å². The van der Waals surface area contributed by atoms with Crippen molar-refractivity contribution < 1.29 is 9.26 Å². The Hall–Kier alpha value is -3.25. The van der Waals surface area contributed by atoms with Crippen molar-refractivity contribution in [3.8, 4) is 11.1 Å². The topological polar surface area (TPSA) is 64.3 Å². The van der Waals surface area contributed by atoms with Crippen molar-refractivity contribution in [3.63, 3.8) is 0 Å². The van der Waals surface area contributed by atoms with Gasteiger partial charge in [0, 0.05) is 17.5 Å². The van der Waals surface area contributed by atoms with Crippen LogP contribution < -0.4 is 4.90 Å². The van der Waals surface area contributed by atoms with E-state index in [1.165, 1.54) is 5.56 Å². The first kappa shape index (κ1) is 17.8. The largest absolute Gasteiger partial charge is 0.377 e. The van der Waals surface area contributed by atoms with Gasteiger partial charge in [-0.15, -0.1) is 0 Å². The lowest BCUT2D eigenvalue weighted by Gasteiger charge is -2.37. The molecule has 2 aromatic heterocycles. The number of anilines is 1. The maximum atomic E-state index is 5.81. The molecule has 0 unspecified atom stereocenters. The van der Waals surface area contributed by atoms with E-state index in [4.69, 9.17) is 14.2 Å².